The predicted octanol–water partition coefficient (Wildman–Crippen LogP) is 4.77. The average Bonchev–Trinajstić information content (AvgIpc) is 2.49. The number of alkyl halides is 3. The van der Waals surface area contributed by atoms with Crippen molar-refractivity contribution in [3.05, 3.63) is 57.6 Å². The van der Waals surface area contributed by atoms with Gasteiger partial charge in [0, 0.05) is 0 Å². The van der Waals surface area contributed by atoms with Gasteiger partial charge in [-0.15, -0.1) is 0 Å². The monoisotopic (exact) mass is 404 g/mol. The van der Waals surface area contributed by atoms with Crippen LogP contribution in [-0.4, -0.2) is 16.8 Å². The molecule has 0 aliphatic carbocycles. The van der Waals surface area contributed by atoms with Crippen molar-refractivity contribution < 1.29 is 28.1 Å². The molecule has 2 aromatic carbocycles. The Balaban J connectivity index is 2.43. The molecule has 1 atom stereocenters. The van der Waals surface area contributed by atoms with Crippen LogP contribution in [0, 0.1) is 6.92 Å². The molecule has 0 bridgehead atoms. The van der Waals surface area contributed by atoms with Crippen LogP contribution < -0.4 is 4.74 Å². The van der Waals surface area contributed by atoms with Gasteiger partial charge in [-0.25, -0.2) is 0 Å². The van der Waals surface area contributed by atoms with Crippen molar-refractivity contribution in [1.29, 1.82) is 0 Å². The molecular formula is C17H16BrF3O3. The van der Waals surface area contributed by atoms with Crippen molar-refractivity contribution in [3.63, 3.8) is 0 Å². The Kier molecular flexibility index (Phi) is 5.27. The highest BCUT2D eigenvalue weighted by molar-refractivity contribution is 9.10. The van der Waals surface area contributed by atoms with Crippen molar-refractivity contribution in [2.45, 2.75) is 25.6 Å². The lowest BCUT2D eigenvalue weighted by molar-refractivity contribution is -0.138. The van der Waals surface area contributed by atoms with Crippen molar-refractivity contribution in [2.75, 3.05) is 6.61 Å². The molecule has 1 unspecified atom stereocenters. The van der Waals surface area contributed by atoms with Gasteiger partial charge in [0.15, 0.2) is 0 Å². The lowest BCUT2D eigenvalue weighted by atomic mass is 9.97. The molecule has 0 fully saturated rings. The summed E-state index contributed by atoms with van der Waals surface area (Å²) in [5.41, 5.74) is -1.56. The van der Waals surface area contributed by atoms with E-state index in [1.807, 2.05) is 0 Å². The van der Waals surface area contributed by atoms with Crippen LogP contribution in [0.2, 0.25) is 0 Å². The number of para-hydroxylation sites is 1. The number of aliphatic hydroxyl groups is 2. The molecule has 0 saturated carbocycles. The third-order valence-corrected chi connectivity index (χ3v) is 4.21. The summed E-state index contributed by atoms with van der Waals surface area (Å²) in [4.78, 5) is 0. The maximum absolute atomic E-state index is 13.1. The second-order valence-electron chi connectivity index (χ2n) is 5.63. The minimum atomic E-state index is -4.53. The van der Waals surface area contributed by atoms with E-state index < -0.39 is 23.9 Å². The normalized spacial score (nSPS) is 14.3. The standard InChI is InChI=1S/C17H16BrF3O3/c1-10-4-3-5-12(17(19,20)21)15(10)24-14-7-6-11(8-13(14)18)16(2,23)9-22/h3-8,22-23H,9H2,1-2H3. The molecule has 2 aromatic rings. The van der Waals surface area contributed by atoms with Gasteiger partial charge in [-0.2, -0.15) is 13.2 Å². The van der Waals surface area contributed by atoms with Gasteiger partial charge in [0.05, 0.1) is 16.6 Å². The first kappa shape index (κ1) is 18.8. The number of benzene rings is 2. The molecule has 24 heavy (non-hydrogen) atoms. The largest absolute Gasteiger partial charge is 0.455 e. The summed E-state index contributed by atoms with van der Waals surface area (Å²) >= 11 is 3.23. The highest BCUT2D eigenvalue weighted by Crippen LogP contribution is 2.42. The van der Waals surface area contributed by atoms with E-state index in [1.54, 1.807) is 0 Å². The highest BCUT2D eigenvalue weighted by Gasteiger charge is 2.35. The van der Waals surface area contributed by atoms with Gasteiger partial charge in [0.25, 0.3) is 0 Å². The van der Waals surface area contributed by atoms with Gasteiger partial charge >= 0.3 is 6.18 Å². The number of hydrogen-bond acceptors (Lipinski definition) is 3. The van der Waals surface area contributed by atoms with Crippen molar-refractivity contribution >= 4 is 15.9 Å². The molecule has 130 valence electrons. The lowest BCUT2D eigenvalue weighted by Gasteiger charge is -2.22. The number of halogens is 4. The Hall–Kier alpha value is -1.57. The molecule has 0 heterocycles. The molecule has 7 heteroatoms. The summed E-state index contributed by atoms with van der Waals surface area (Å²) in [6.45, 7) is 2.47. The molecule has 2 rings (SSSR count). The summed E-state index contributed by atoms with van der Waals surface area (Å²) in [5, 5.41) is 19.2. The van der Waals surface area contributed by atoms with E-state index >= 15 is 0 Å². The topological polar surface area (TPSA) is 49.7 Å². The van der Waals surface area contributed by atoms with Gasteiger partial charge in [-0.3, -0.25) is 0 Å². The Morgan fingerprint density at radius 2 is 1.83 bits per heavy atom. The maximum atomic E-state index is 13.1. The van der Waals surface area contributed by atoms with Gasteiger partial charge in [-0.05, 0) is 59.1 Å². The summed E-state index contributed by atoms with van der Waals surface area (Å²) < 4.78 is 45.3. The van der Waals surface area contributed by atoms with Crippen LogP contribution in [0.15, 0.2) is 40.9 Å². The molecule has 0 aromatic heterocycles. The number of ether oxygens (including phenoxy) is 1. The van der Waals surface area contributed by atoms with Gasteiger partial charge < -0.3 is 14.9 Å². The maximum Gasteiger partial charge on any atom is 0.419 e. The fourth-order valence-electron chi connectivity index (χ4n) is 2.13. The van der Waals surface area contributed by atoms with Crippen LogP contribution in [-0.2, 0) is 11.8 Å². The second-order valence-corrected chi connectivity index (χ2v) is 6.48. The Bertz CT molecular complexity index is 742. The fourth-order valence-corrected chi connectivity index (χ4v) is 2.59. The van der Waals surface area contributed by atoms with Crippen LogP contribution in [0.3, 0.4) is 0 Å². The van der Waals surface area contributed by atoms with E-state index in [9.17, 15) is 23.4 Å². The van der Waals surface area contributed by atoms with E-state index in [2.05, 4.69) is 15.9 Å². The molecule has 0 saturated heterocycles. The SMILES string of the molecule is Cc1cccc(C(F)(F)F)c1Oc1ccc(C(C)(O)CO)cc1Br. The van der Waals surface area contributed by atoms with Crippen molar-refractivity contribution in [2.24, 2.45) is 0 Å². The minimum Gasteiger partial charge on any atom is -0.455 e. The van der Waals surface area contributed by atoms with Crippen LogP contribution >= 0.6 is 15.9 Å². The third kappa shape index (κ3) is 3.91. The Morgan fingerprint density at radius 3 is 2.38 bits per heavy atom. The van der Waals surface area contributed by atoms with Crippen LogP contribution in [0.4, 0.5) is 13.2 Å². The summed E-state index contributed by atoms with van der Waals surface area (Å²) in [7, 11) is 0. The van der Waals surface area contributed by atoms with Crippen LogP contribution in [0.1, 0.15) is 23.6 Å². The van der Waals surface area contributed by atoms with Crippen LogP contribution in [0.25, 0.3) is 0 Å². The zero-order valence-corrected chi connectivity index (χ0v) is 14.6. The molecule has 0 radical (unpaired) electrons. The first-order chi connectivity index (χ1) is 11.1. The van der Waals surface area contributed by atoms with E-state index in [4.69, 9.17) is 4.74 Å². The first-order valence-electron chi connectivity index (χ1n) is 7.04. The second kappa shape index (κ2) is 6.74. The molecule has 0 spiro atoms. The van der Waals surface area contributed by atoms with Crippen molar-refractivity contribution in [3.8, 4) is 11.5 Å². The van der Waals surface area contributed by atoms with E-state index in [1.165, 1.54) is 44.2 Å². The minimum absolute atomic E-state index is 0.173. The molecular weight excluding hydrogens is 389 g/mol. The number of rotatable bonds is 4. The Labute approximate surface area is 145 Å². The van der Waals surface area contributed by atoms with E-state index in [0.29, 0.717) is 15.6 Å². The van der Waals surface area contributed by atoms with Gasteiger partial charge in [0.2, 0.25) is 0 Å². The molecule has 0 aliphatic heterocycles. The lowest BCUT2D eigenvalue weighted by Crippen LogP contribution is -2.25. The zero-order chi connectivity index (χ0) is 18.1. The quantitative estimate of drug-likeness (QED) is 0.771. The van der Waals surface area contributed by atoms with Crippen molar-refractivity contribution in [1.82, 2.24) is 0 Å². The van der Waals surface area contributed by atoms with E-state index in [-0.39, 0.29) is 11.5 Å². The van der Waals surface area contributed by atoms with Gasteiger partial charge in [-0.1, -0.05) is 18.2 Å². The van der Waals surface area contributed by atoms with E-state index in [0.717, 1.165) is 6.07 Å². The number of aryl methyl sites for hydroxylation is 1. The summed E-state index contributed by atoms with van der Waals surface area (Å²) in [6.07, 6.45) is -4.53. The summed E-state index contributed by atoms with van der Waals surface area (Å²) in [5.74, 6) is -0.0975. The Morgan fingerprint density at radius 1 is 1.17 bits per heavy atom. The average molecular weight is 405 g/mol. The molecule has 3 nitrogen and oxygen atoms in total. The molecule has 0 aliphatic rings. The number of hydrogen-bond donors (Lipinski definition) is 2. The predicted molar refractivity (Wildman–Crippen MR) is 87.1 cm³/mol. The highest BCUT2D eigenvalue weighted by atomic mass is 79.9. The fraction of sp³-hybridized carbons (Fsp3) is 0.294. The summed E-state index contributed by atoms with van der Waals surface area (Å²) in [6, 6.07) is 8.24. The van der Waals surface area contributed by atoms with Gasteiger partial charge in [0.1, 0.15) is 17.1 Å². The number of aliphatic hydroxyl groups excluding tert-OH is 1. The zero-order valence-electron chi connectivity index (χ0n) is 13.0. The third-order valence-electron chi connectivity index (χ3n) is 3.59. The first-order valence-corrected chi connectivity index (χ1v) is 7.83. The molecule has 0 amide bonds. The molecule has 2 N–H and O–H groups in total. The smallest absolute Gasteiger partial charge is 0.419 e. The van der Waals surface area contributed by atoms with Crippen LogP contribution in [0.5, 0.6) is 11.5 Å².